The second kappa shape index (κ2) is 2.58. The smallest absolute Gasteiger partial charge is 0.0886 e. The van der Waals surface area contributed by atoms with Crippen LogP contribution in [0.3, 0.4) is 0 Å². The van der Waals surface area contributed by atoms with Crippen LogP contribution in [0.25, 0.3) is 0 Å². The summed E-state index contributed by atoms with van der Waals surface area (Å²) < 4.78 is -0.981. The van der Waals surface area contributed by atoms with Gasteiger partial charge in [-0.05, 0) is 0 Å². The molecule has 0 N–H and O–H groups in total. The fourth-order valence-corrected chi connectivity index (χ4v) is 0. The summed E-state index contributed by atoms with van der Waals surface area (Å²) in [6, 6.07) is 0. The number of hydrogen-bond donors (Lipinski definition) is 0. The standard InChI is InChI=1S/C3H6Cl3Si/c1-7(2)3(4,5)6/h1-2H3. The molecule has 0 rings (SSSR count). The van der Waals surface area contributed by atoms with Crippen molar-refractivity contribution in [3.05, 3.63) is 0 Å². The average Bonchev–Trinajstić information content (AvgIpc) is 1.31. The lowest BCUT2D eigenvalue weighted by atomic mass is 11.8. The number of hydrogen-bond acceptors (Lipinski definition) is 0. The molecule has 0 heterocycles. The Balaban J connectivity index is 3.54. The van der Waals surface area contributed by atoms with Crippen molar-refractivity contribution in [1.82, 2.24) is 0 Å². The zero-order valence-electron chi connectivity index (χ0n) is 4.13. The van der Waals surface area contributed by atoms with Crippen LogP contribution in [0.4, 0.5) is 0 Å². The summed E-state index contributed by atoms with van der Waals surface area (Å²) in [6.07, 6.45) is 0. The van der Waals surface area contributed by atoms with Crippen LogP contribution in [-0.4, -0.2) is 12.2 Å². The van der Waals surface area contributed by atoms with E-state index in [-0.39, 0.29) is 0 Å². The van der Waals surface area contributed by atoms with E-state index in [2.05, 4.69) is 0 Å². The highest BCUT2D eigenvalue weighted by Gasteiger charge is 2.25. The lowest BCUT2D eigenvalue weighted by molar-refractivity contribution is 1.60. The van der Waals surface area contributed by atoms with Crippen LogP contribution >= 0.6 is 34.8 Å². The Morgan fingerprint density at radius 3 is 1.29 bits per heavy atom. The summed E-state index contributed by atoms with van der Waals surface area (Å²) in [5.41, 5.74) is 0. The molecule has 4 heteroatoms. The molecule has 0 nitrogen and oxygen atoms in total. The lowest BCUT2D eigenvalue weighted by Crippen LogP contribution is -2.22. The normalized spacial score (nSPS) is 12.9. The van der Waals surface area contributed by atoms with E-state index in [1.807, 2.05) is 13.1 Å². The summed E-state index contributed by atoms with van der Waals surface area (Å²) in [7, 11) is -0.754. The lowest BCUT2D eigenvalue weighted by Gasteiger charge is -2.11. The molecule has 0 spiro atoms. The van der Waals surface area contributed by atoms with Gasteiger partial charge in [0, 0.05) is 0 Å². The maximum absolute atomic E-state index is 5.44. The molecule has 0 aliphatic heterocycles. The minimum Gasteiger partial charge on any atom is -0.0886 e. The molecule has 0 aromatic heterocycles. The number of rotatable bonds is 0. The van der Waals surface area contributed by atoms with Crippen molar-refractivity contribution >= 4 is 43.6 Å². The fraction of sp³-hybridized carbons (Fsp3) is 1.00. The van der Waals surface area contributed by atoms with Gasteiger partial charge in [-0.3, -0.25) is 0 Å². The summed E-state index contributed by atoms with van der Waals surface area (Å²) >= 11 is 16.3. The van der Waals surface area contributed by atoms with Gasteiger partial charge in [0.25, 0.3) is 0 Å². The summed E-state index contributed by atoms with van der Waals surface area (Å²) in [4.78, 5) is 0. The van der Waals surface area contributed by atoms with Crippen molar-refractivity contribution in [3.8, 4) is 0 Å². The van der Waals surface area contributed by atoms with Crippen LogP contribution < -0.4 is 0 Å². The van der Waals surface area contributed by atoms with Gasteiger partial charge in [-0.25, -0.2) is 0 Å². The van der Waals surface area contributed by atoms with Crippen LogP contribution in [0.5, 0.6) is 0 Å². The molecule has 43 valence electrons. The molecule has 0 bridgehead atoms. The topological polar surface area (TPSA) is 0 Å². The van der Waals surface area contributed by atoms with Crippen molar-refractivity contribution in [2.24, 2.45) is 0 Å². The maximum atomic E-state index is 5.44. The average molecular weight is 177 g/mol. The van der Waals surface area contributed by atoms with E-state index in [9.17, 15) is 0 Å². The molecule has 0 atom stereocenters. The van der Waals surface area contributed by atoms with Crippen LogP contribution in [-0.2, 0) is 0 Å². The quantitative estimate of drug-likeness (QED) is 0.393. The molecule has 0 unspecified atom stereocenters. The van der Waals surface area contributed by atoms with E-state index in [4.69, 9.17) is 34.8 Å². The van der Waals surface area contributed by atoms with Gasteiger partial charge in [-0.15, -0.1) is 0 Å². The minimum atomic E-state index is -0.981. The highest BCUT2D eigenvalue weighted by Crippen LogP contribution is 2.28. The highest BCUT2D eigenvalue weighted by molar-refractivity contribution is 6.93. The van der Waals surface area contributed by atoms with Gasteiger partial charge in [0.05, 0.1) is 0 Å². The second-order valence-corrected chi connectivity index (χ2v) is 7.48. The third kappa shape index (κ3) is 3.65. The highest BCUT2D eigenvalue weighted by atomic mass is 35.6. The Morgan fingerprint density at radius 1 is 1.14 bits per heavy atom. The molecule has 0 aliphatic carbocycles. The van der Waals surface area contributed by atoms with Gasteiger partial charge < -0.3 is 0 Å². The zero-order chi connectivity index (χ0) is 6.08. The zero-order valence-corrected chi connectivity index (χ0v) is 7.40. The first-order valence-electron chi connectivity index (χ1n) is 1.82. The first kappa shape index (κ1) is 8.09. The summed E-state index contributed by atoms with van der Waals surface area (Å²) in [6.45, 7) is 3.91. The van der Waals surface area contributed by atoms with Crippen molar-refractivity contribution in [3.63, 3.8) is 0 Å². The molecule has 0 saturated carbocycles. The third-order valence-corrected chi connectivity index (χ3v) is 5.10. The molecule has 7 heavy (non-hydrogen) atoms. The first-order chi connectivity index (χ1) is 2.94. The Kier molecular flexibility index (Phi) is 2.98. The van der Waals surface area contributed by atoms with Crippen molar-refractivity contribution < 1.29 is 0 Å². The molecule has 0 fully saturated rings. The van der Waals surface area contributed by atoms with Crippen LogP contribution in [0.15, 0.2) is 0 Å². The summed E-state index contributed by atoms with van der Waals surface area (Å²) in [5, 5.41) is 0. The van der Waals surface area contributed by atoms with Crippen LogP contribution in [0.1, 0.15) is 0 Å². The van der Waals surface area contributed by atoms with Gasteiger partial charge >= 0.3 is 0 Å². The Morgan fingerprint density at radius 2 is 1.29 bits per heavy atom. The van der Waals surface area contributed by atoms with E-state index in [1.165, 1.54) is 0 Å². The molecule has 0 saturated heterocycles. The molecule has 0 aliphatic rings. The monoisotopic (exact) mass is 175 g/mol. The molecule has 1 radical (unpaired) electrons. The molecular weight excluding hydrogens is 170 g/mol. The number of alkyl halides is 3. The predicted molar refractivity (Wildman–Crippen MR) is 37.8 cm³/mol. The molecular formula is C3H6Cl3Si. The third-order valence-electron chi connectivity index (χ3n) is 0.567. The minimum absolute atomic E-state index is 0.754. The van der Waals surface area contributed by atoms with Gasteiger partial charge in [-0.1, -0.05) is 47.9 Å². The van der Waals surface area contributed by atoms with E-state index in [0.717, 1.165) is 0 Å². The Hall–Kier alpha value is 1.09. The van der Waals surface area contributed by atoms with Crippen molar-refractivity contribution in [2.75, 3.05) is 0 Å². The van der Waals surface area contributed by atoms with E-state index < -0.39 is 12.2 Å². The molecule has 0 aromatic rings. The van der Waals surface area contributed by atoms with Gasteiger partial charge in [-0.2, -0.15) is 0 Å². The summed E-state index contributed by atoms with van der Waals surface area (Å²) in [5.74, 6) is 0. The fourth-order valence-electron chi connectivity index (χ4n) is 0. The van der Waals surface area contributed by atoms with Gasteiger partial charge in [0.1, 0.15) is 8.80 Å². The van der Waals surface area contributed by atoms with Crippen LogP contribution in [0.2, 0.25) is 13.1 Å². The van der Waals surface area contributed by atoms with E-state index >= 15 is 0 Å². The SMILES string of the molecule is C[Si](C)C(Cl)(Cl)Cl. The van der Waals surface area contributed by atoms with E-state index in [0.29, 0.717) is 0 Å². The van der Waals surface area contributed by atoms with Gasteiger partial charge in [0.15, 0.2) is 3.42 Å². The van der Waals surface area contributed by atoms with Crippen molar-refractivity contribution in [1.29, 1.82) is 0 Å². The molecule has 0 aromatic carbocycles. The van der Waals surface area contributed by atoms with Crippen LogP contribution in [0, 0.1) is 0 Å². The van der Waals surface area contributed by atoms with Crippen molar-refractivity contribution in [2.45, 2.75) is 16.5 Å². The largest absolute Gasteiger partial charge is 0.173 e. The molecule has 0 amide bonds. The maximum Gasteiger partial charge on any atom is 0.173 e. The van der Waals surface area contributed by atoms with Gasteiger partial charge in [0.2, 0.25) is 0 Å². The second-order valence-electron chi connectivity index (χ2n) is 1.50. The predicted octanol–water partition coefficient (Wildman–Crippen LogP) is 2.65. The number of halogens is 3. The first-order valence-corrected chi connectivity index (χ1v) is 5.45. The Bertz CT molecular complexity index is 55.7. The Labute approximate surface area is 60.4 Å². The van der Waals surface area contributed by atoms with E-state index in [1.54, 1.807) is 0 Å².